The summed E-state index contributed by atoms with van der Waals surface area (Å²) in [6.07, 6.45) is 5.25. The Morgan fingerprint density at radius 1 is 1.39 bits per heavy atom. The van der Waals surface area contributed by atoms with E-state index in [1.807, 2.05) is 7.05 Å². The molecule has 0 aliphatic carbocycles. The third-order valence-corrected chi connectivity index (χ3v) is 4.89. The predicted octanol–water partition coefficient (Wildman–Crippen LogP) is 2.23. The number of hydrogen-bond acceptors (Lipinski definition) is 3. The van der Waals surface area contributed by atoms with Gasteiger partial charge in [0.2, 0.25) is 0 Å². The van der Waals surface area contributed by atoms with E-state index in [1.165, 1.54) is 25.8 Å². The number of guanidine groups is 1. The van der Waals surface area contributed by atoms with Crippen LogP contribution in [0.3, 0.4) is 0 Å². The monoisotopic (exact) mass is 324 g/mol. The highest BCUT2D eigenvalue weighted by Crippen LogP contribution is 2.22. The molecule has 0 aromatic heterocycles. The normalized spacial score (nSPS) is 27.6. The zero-order valence-electron chi connectivity index (χ0n) is 15.7. The summed E-state index contributed by atoms with van der Waals surface area (Å²) in [5.74, 6) is 0.888. The van der Waals surface area contributed by atoms with Gasteiger partial charge < -0.3 is 15.4 Å². The van der Waals surface area contributed by atoms with Gasteiger partial charge in [-0.3, -0.25) is 9.89 Å². The predicted molar refractivity (Wildman–Crippen MR) is 97.0 cm³/mol. The van der Waals surface area contributed by atoms with Gasteiger partial charge in [-0.2, -0.15) is 0 Å². The van der Waals surface area contributed by atoms with Gasteiger partial charge in [0.05, 0.1) is 12.7 Å². The van der Waals surface area contributed by atoms with Crippen LogP contribution in [0.2, 0.25) is 0 Å². The minimum absolute atomic E-state index is 0.271. The van der Waals surface area contributed by atoms with Gasteiger partial charge in [0.1, 0.15) is 0 Å². The van der Waals surface area contributed by atoms with Gasteiger partial charge in [-0.15, -0.1) is 0 Å². The average Bonchev–Trinajstić information content (AvgIpc) is 2.96. The summed E-state index contributed by atoms with van der Waals surface area (Å²) in [7, 11) is 1.84. The van der Waals surface area contributed by atoms with Crippen molar-refractivity contribution in [1.82, 2.24) is 15.5 Å². The Kier molecular flexibility index (Phi) is 6.72. The van der Waals surface area contributed by atoms with Crippen LogP contribution in [-0.2, 0) is 4.74 Å². The van der Waals surface area contributed by atoms with Crippen LogP contribution in [0.15, 0.2) is 4.99 Å². The first-order valence-electron chi connectivity index (χ1n) is 9.20. The van der Waals surface area contributed by atoms with Crippen molar-refractivity contribution in [3.05, 3.63) is 0 Å². The maximum atomic E-state index is 6.00. The summed E-state index contributed by atoms with van der Waals surface area (Å²) in [5.41, 5.74) is 0.384. The van der Waals surface area contributed by atoms with E-state index in [4.69, 9.17) is 4.74 Å². The zero-order chi connectivity index (χ0) is 16.9. The largest absolute Gasteiger partial charge is 0.373 e. The molecule has 5 heteroatoms. The molecule has 2 aliphatic heterocycles. The molecule has 0 spiro atoms. The first-order chi connectivity index (χ1) is 10.9. The van der Waals surface area contributed by atoms with Crippen molar-refractivity contribution in [3.8, 4) is 0 Å². The highest BCUT2D eigenvalue weighted by Gasteiger charge is 2.32. The lowest BCUT2D eigenvalue weighted by molar-refractivity contribution is -0.0453. The van der Waals surface area contributed by atoms with Gasteiger partial charge in [-0.05, 0) is 44.6 Å². The van der Waals surface area contributed by atoms with E-state index in [9.17, 15) is 0 Å². The molecule has 2 fully saturated rings. The second-order valence-electron chi connectivity index (χ2n) is 8.34. The Balaban J connectivity index is 1.68. The van der Waals surface area contributed by atoms with Gasteiger partial charge in [0, 0.05) is 32.2 Å². The van der Waals surface area contributed by atoms with Crippen molar-refractivity contribution in [2.45, 2.75) is 71.6 Å². The molecule has 2 saturated heterocycles. The molecule has 2 N–H and O–H groups in total. The molecule has 3 atom stereocenters. The van der Waals surface area contributed by atoms with Crippen LogP contribution in [0.4, 0.5) is 0 Å². The highest BCUT2D eigenvalue weighted by molar-refractivity contribution is 5.79. The summed E-state index contributed by atoms with van der Waals surface area (Å²) in [6.45, 7) is 13.1. The van der Waals surface area contributed by atoms with E-state index in [0.717, 1.165) is 32.1 Å². The van der Waals surface area contributed by atoms with E-state index < -0.39 is 0 Å². The van der Waals surface area contributed by atoms with E-state index in [-0.39, 0.29) is 6.10 Å². The number of morpholine rings is 1. The van der Waals surface area contributed by atoms with Crippen molar-refractivity contribution < 1.29 is 4.74 Å². The fourth-order valence-corrected chi connectivity index (χ4v) is 3.37. The smallest absolute Gasteiger partial charge is 0.191 e. The molecule has 134 valence electrons. The summed E-state index contributed by atoms with van der Waals surface area (Å²) in [5, 5.41) is 6.93. The number of nitrogens with one attached hydrogen (secondary N) is 2. The molecule has 0 amide bonds. The molecular weight excluding hydrogens is 288 g/mol. The van der Waals surface area contributed by atoms with E-state index >= 15 is 0 Å². The molecule has 5 nitrogen and oxygen atoms in total. The molecule has 2 rings (SSSR count). The number of hydrogen-bond donors (Lipinski definition) is 2. The fourth-order valence-electron chi connectivity index (χ4n) is 3.37. The Morgan fingerprint density at radius 2 is 2.17 bits per heavy atom. The van der Waals surface area contributed by atoms with Crippen molar-refractivity contribution >= 4 is 5.96 Å². The van der Waals surface area contributed by atoms with Crippen LogP contribution < -0.4 is 10.6 Å². The van der Waals surface area contributed by atoms with Gasteiger partial charge in [0.15, 0.2) is 5.96 Å². The molecule has 23 heavy (non-hydrogen) atoms. The SMILES string of the molecule is CN=C(NCC1CN2CCCC2CO1)NC(C)CCC(C)(C)C. The van der Waals surface area contributed by atoms with E-state index in [1.54, 1.807) is 0 Å². The second kappa shape index (κ2) is 8.34. The highest BCUT2D eigenvalue weighted by atomic mass is 16.5. The first-order valence-corrected chi connectivity index (χ1v) is 9.20. The average molecular weight is 325 g/mol. The Hall–Kier alpha value is -0.810. The third kappa shape index (κ3) is 6.30. The molecule has 2 heterocycles. The topological polar surface area (TPSA) is 48.9 Å². The lowest BCUT2D eigenvalue weighted by Gasteiger charge is -2.35. The maximum absolute atomic E-state index is 6.00. The first kappa shape index (κ1) is 18.5. The molecule has 2 aliphatic rings. The Bertz CT molecular complexity index is 391. The fraction of sp³-hybridized carbons (Fsp3) is 0.944. The number of ether oxygens (including phenoxy) is 1. The molecule has 3 unspecified atom stereocenters. The van der Waals surface area contributed by atoms with Crippen molar-refractivity contribution in [2.75, 3.05) is 33.3 Å². The van der Waals surface area contributed by atoms with Crippen molar-refractivity contribution in [1.29, 1.82) is 0 Å². The van der Waals surface area contributed by atoms with Crippen LogP contribution in [0.25, 0.3) is 0 Å². The molecule has 0 bridgehead atoms. The molecule has 0 aromatic carbocycles. The summed E-state index contributed by atoms with van der Waals surface area (Å²) < 4.78 is 6.00. The van der Waals surface area contributed by atoms with E-state index in [2.05, 4.69) is 48.2 Å². The number of nitrogens with zero attached hydrogens (tertiary/aromatic N) is 2. The number of fused-ring (bicyclic) bond motifs is 1. The van der Waals surface area contributed by atoms with Gasteiger partial charge in [-0.1, -0.05) is 20.8 Å². The second-order valence-corrected chi connectivity index (χ2v) is 8.34. The van der Waals surface area contributed by atoms with Crippen molar-refractivity contribution in [3.63, 3.8) is 0 Å². The van der Waals surface area contributed by atoms with Gasteiger partial charge in [0.25, 0.3) is 0 Å². The molecular formula is C18H36N4O. The lowest BCUT2D eigenvalue weighted by Crippen LogP contribution is -2.52. The van der Waals surface area contributed by atoms with Crippen LogP contribution >= 0.6 is 0 Å². The third-order valence-electron chi connectivity index (χ3n) is 4.89. The van der Waals surface area contributed by atoms with E-state index in [0.29, 0.717) is 17.5 Å². The quantitative estimate of drug-likeness (QED) is 0.601. The van der Waals surface area contributed by atoms with Crippen LogP contribution in [0.5, 0.6) is 0 Å². The summed E-state index contributed by atoms with van der Waals surface area (Å²) in [6, 6.07) is 1.09. The van der Waals surface area contributed by atoms with Crippen molar-refractivity contribution in [2.24, 2.45) is 10.4 Å². The number of rotatable bonds is 5. The summed E-state index contributed by atoms with van der Waals surface area (Å²) >= 11 is 0. The minimum atomic E-state index is 0.271. The van der Waals surface area contributed by atoms with Crippen LogP contribution in [-0.4, -0.2) is 62.3 Å². The Labute approximate surface area is 142 Å². The number of aliphatic imine (C=N–C) groups is 1. The van der Waals surface area contributed by atoms with Gasteiger partial charge >= 0.3 is 0 Å². The Morgan fingerprint density at radius 3 is 2.87 bits per heavy atom. The van der Waals surface area contributed by atoms with Crippen LogP contribution in [0.1, 0.15) is 53.4 Å². The summed E-state index contributed by atoms with van der Waals surface area (Å²) in [4.78, 5) is 6.93. The molecule has 0 aromatic rings. The molecule has 0 saturated carbocycles. The molecule has 0 radical (unpaired) electrons. The zero-order valence-corrected chi connectivity index (χ0v) is 15.7. The maximum Gasteiger partial charge on any atom is 0.191 e. The lowest BCUT2D eigenvalue weighted by atomic mass is 9.89. The standard InChI is InChI=1S/C18H36N4O/c1-14(8-9-18(2,3)4)21-17(19-5)20-11-16-12-22-10-6-7-15(22)13-23-16/h14-16H,6-13H2,1-5H3,(H2,19,20,21). The van der Waals surface area contributed by atoms with Gasteiger partial charge in [-0.25, -0.2) is 0 Å². The minimum Gasteiger partial charge on any atom is -0.373 e. The van der Waals surface area contributed by atoms with Crippen LogP contribution in [0, 0.1) is 5.41 Å².